The number of carbonyl (C=O) groups excluding carboxylic acids is 2. The van der Waals surface area contributed by atoms with Crippen molar-refractivity contribution in [1.29, 1.82) is 0 Å². The number of hydrogen-bond donors (Lipinski definition) is 2. The summed E-state index contributed by atoms with van der Waals surface area (Å²) in [6.07, 6.45) is -3.52. The molecule has 0 spiro atoms. The minimum absolute atomic E-state index is 0.00906. The number of carbonyl (C=O) groups is 2. The van der Waals surface area contributed by atoms with E-state index in [1.54, 1.807) is 39.0 Å². The molecule has 1 aromatic carbocycles. The zero-order chi connectivity index (χ0) is 26.2. The molecule has 3 heterocycles. The van der Waals surface area contributed by atoms with Gasteiger partial charge in [0, 0.05) is 29.4 Å². The van der Waals surface area contributed by atoms with Gasteiger partial charge in [0.2, 0.25) is 0 Å². The van der Waals surface area contributed by atoms with Gasteiger partial charge >= 0.3 is 6.18 Å². The Hall–Kier alpha value is -3.99. The van der Waals surface area contributed by atoms with Crippen LogP contribution in [0, 0.1) is 6.92 Å². The molecule has 3 aromatic heterocycles. The Kier molecular flexibility index (Phi) is 6.68. The third kappa shape index (κ3) is 5.01. The van der Waals surface area contributed by atoms with Crippen LogP contribution >= 0.6 is 11.6 Å². The molecule has 0 saturated heterocycles. The first-order chi connectivity index (χ1) is 17.0. The SMILES string of the molecule is Cc1ccc2c(NC(=O)c3cc(C(F)(F)F)nn3-c3ncccc3Cl)c(C(=O)NC(C)C)ccc2n1. The van der Waals surface area contributed by atoms with Crippen LogP contribution in [0.5, 0.6) is 0 Å². The molecule has 12 heteroatoms. The molecule has 186 valence electrons. The normalized spacial score (nSPS) is 11.7. The maximum atomic E-state index is 13.5. The fourth-order valence-electron chi connectivity index (χ4n) is 3.52. The van der Waals surface area contributed by atoms with Crippen LogP contribution in [0.3, 0.4) is 0 Å². The third-order valence-corrected chi connectivity index (χ3v) is 5.38. The van der Waals surface area contributed by atoms with E-state index in [0.717, 1.165) is 4.68 Å². The highest BCUT2D eigenvalue weighted by Gasteiger charge is 2.37. The van der Waals surface area contributed by atoms with Gasteiger partial charge in [-0.2, -0.15) is 18.3 Å². The Labute approximate surface area is 208 Å². The molecular formula is C24H20ClF3N6O2. The smallest absolute Gasteiger partial charge is 0.350 e. The number of rotatable bonds is 5. The lowest BCUT2D eigenvalue weighted by Gasteiger charge is -2.16. The van der Waals surface area contributed by atoms with Crippen molar-refractivity contribution in [2.45, 2.75) is 33.0 Å². The van der Waals surface area contributed by atoms with Crippen LogP contribution < -0.4 is 10.6 Å². The lowest BCUT2D eigenvalue weighted by Crippen LogP contribution is -2.31. The van der Waals surface area contributed by atoms with E-state index >= 15 is 0 Å². The number of alkyl halides is 3. The molecule has 0 bridgehead atoms. The molecule has 36 heavy (non-hydrogen) atoms. The van der Waals surface area contributed by atoms with Crippen molar-refractivity contribution in [3.8, 4) is 5.82 Å². The van der Waals surface area contributed by atoms with Gasteiger partial charge in [0.25, 0.3) is 11.8 Å². The molecule has 2 N–H and O–H groups in total. The second-order valence-corrected chi connectivity index (χ2v) is 8.63. The van der Waals surface area contributed by atoms with E-state index in [4.69, 9.17) is 11.6 Å². The average Bonchev–Trinajstić information content (AvgIpc) is 3.25. The number of nitrogens with zero attached hydrogens (tertiary/aromatic N) is 4. The van der Waals surface area contributed by atoms with Crippen molar-refractivity contribution in [2.75, 3.05) is 5.32 Å². The fourth-order valence-corrected chi connectivity index (χ4v) is 3.72. The number of halogens is 4. The first kappa shape index (κ1) is 25.1. The van der Waals surface area contributed by atoms with Crippen LogP contribution in [0.2, 0.25) is 5.02 Å². The molecule has 0 aliphatic heterocycles. The van der Waals surface area contributed by atoms with Gasteiger partial charge in [-0.1, -0.05) is 11.6 Å². The second kappa shape index (κ2) is 9.57. The number of fused-ring (bicyclic) bond motifs is 1. The van der Waals surface area contributed by atoms with Crippen LogP contribution in [0.15, 0.2) is 48.7 Å². The van der Waals surface area contributed by atoms with Gasteiger partial charge in [-0.15, -0.1) is 0 Å². The number of pyridine rings is 2. The van der Waals surface area contributed by atoms with Crippen molar-refractivity contribution in [3.05, 3.63) is 76.3 Å². The number of anilines is 1. The first-order valence-electron chi connectivity index (χ1n) is 10.8. The van der Waals surface area contributed by atoms with E-state index in [2.05, 4.69) is 25.7 Å². The van der Waals surface area contributed by atoms with Crippen LogP contribution in [0.4, 0.5) is 18.9 Å². The average molecular weight is 517 g/mol. The Morgan fingerprint density at radius 3 is 2.50 bits per heavy atom. The van der Waals surface area contributed by atoms with Crippen LogP contribution in [0.1, 0.15) is 46.1 Å². The highest BCUT2D eigenvalue weighted by Crippen LogP contribution is 2.32. The summed E-state index contributed by atoms with van der Waals surface area (Å²) in [4.78, 5) is 34.7. The number of aryl methyl sites for hydroxylation is 1. The van der Waals surface area contributed by atoms with Crippen molar-refractivity contribution in [1.82, 2.24) is 25.1 Å². The van der Waals surface area contributed by atoms with Crippen LogP contribution in [-0.2, 0) is 6.18 Å². The maximum Gasteiger partial charge on any atom is 0.435 e. The summed E-state index contributed by atoms with van der Waals surface area (Å²) in [6, 6.07) is 9.80. The van der Waals surface area contributed by atoms with Crippen molar-refractivity contribution in [2.24, 2.45) is 0 Å². The lowest BCUT2D eigenvalue weighted by molar-refractivity contribution is -0.141. The molecule has 2 amide bonds. The topological polar surface area (TPSA) is 102 Å². The first-order valence-corrected chi connectivity index (χ1v) is 11.1. The largest absolute Gasteiger partial charge is 0.435 e. The molecule has 4 rings (SSSR count). The highest BCUT2D eigenvalue weighted by atomic mass is 35.5. The molecule has 0 unspecified atom stereocenters. The van der Waals surface area contributed by atoms with E-state index in [-0.39, 0.29) is 28.1 Å². The number of amides is 2. The Morgan fingerprint density at radius 2 is 1.83 bits per heavy atom. The maximum absolute atomic E-state index is 13.5. The monoisotopic (exact) mass is 516 g/mol. The quantitative estimate of drug-likeness (QED) is 0.380. The third-order valence-electron chi connectivity index (χ3n) is 5.09. The molecule has 0 fully saturated rings. The van der Waals surface area contributed by atoms with Gasteiger partial charge in [0.1, 0.15) is 5.69 Å². The molecule has 0 saturated carbocycles. The number of aromatic nitrogens is 4. The number of hydrogen-bond acceptors (Lipinski definition) is 5. The van der Waals surface area contributed by atoms with Gasteiger partial charge in [-0.25, -0.2) is 9.67 Å². The summed E-state index contributed by atoms with van der Waals surface area (Å²) in [5, 5.41) is 9.31. The molecule has 0 aliphatic rings. The summed E-state index contributed by atoms with van der Waals surface area (Å²) in [6.45, 7) is 5.33. The summed E-state index contributed by atoms with van der Waals surface area (Å²) in [5.41, 5.74) is -0.372. The molecule has 0 radical (unpaired) electrons. The second-order valence-electron chi connectivity index (χ2n) is 8.22. The van der Waals surface area contributed by atoms with E-state index in [1.807, 2.05) is 0 Å². The summed E-state index contributed by atoms with van der Waals surface area (Å²) in [7, 11) is 0. The highest BCUT2D eigenvalue weighted by molar-refractivity contribution is 6.32. The Bertz CT molecular complexity index is 1480. The molecule has 8 nitrogen and oxygen atoms in total. The van der Waals surface area contributed by atoms with Crippen molar-refractivity contribution < 1.29 is 22.8 Å². The zero-order valence-corrected chi connectivity index (χ0v) is 20.1. The summed E-state index contributed by atoms with van der Waals surface area (Å²) in [5.74, 6) is -1.58. The summed E-state index contributed by atoms with van der Waals surface area (Å²) < 4.78 is 41.2. The molecule has 0 aliphatic carbocycles. The van der Waals surface area contributed by atoms with E-state index in [9.17, 15) is 22.8 Å². The van der Waals surface area contributed by atoms with E-state index in [0.29, 0.717) is 22.7 Å². The number of benzene rings is 1. The Balaban J connectivity index is 1.86. The van der Waals surface area contributed by atoms with Crippen LogP contribution in [0.25, 0.3) is 16.7 Å². The van der Waals surface area contributed by atoms with Gasteiger partial charge in [0.05, 0.1) is 21.8 Å². The number of nitrogens with one attached hydrogen (secondary N) is 2. The van der Waals surface area contributed by atoms with Crippen molar-refractivity contribution >= 4 is 40.0 Å². The van der Waals surface area contributed by atoms with Gasteiger partial charge in [0.15, 0.2) is 11.5 Å². The van der Waals surface area contributed by atoms with Gasteiger partial charge in [-0.05, 0) is 57.2 Å². The molecule has 0 atom stereocenters. The zero-order valence-electron chi connectivity index (χ0n) is 19.3. The minimum atomic E-state index is -4.83. The Morgan fingerprint density at radius 1 is 1.08 bits per heavy atom. The van der Waals surface area contributed by atoms with Crippen LogP contribution in [-0.4, -0.2) is 37.6 Å². The molecule has 4 aromatic rings. The summed E-state index contributed by atoms with van der Waals surface area (Å²) >= 11 is 6.13. The predicted octanol–water partition coefficient (Wildman–Crippen LogP) is 5.19. The van der Waals surface area contributed by atoms with Crippen molar-refractivity contribution in [3.63, 3.8) is 0 Å². The van der Waals surface area contributed by atoms with E-state index in [1.165, 1.54) is 24.4 Å². The minimum Gasteiger partial charge on any atom is -0.350 e. The lowest BCUT2D eigenvalue weighted by atomic mass is 10.1. The fraction of sp³-hybridized carbons (Fsp3) is 0.208. The molecular weight excluding hydrogens is 497 g/mol. The van der Waals surface area contributed by atoms with Gasteiger partial charge in [-0.3, -0.25) is 14.6 Å². The van der Waals surface area contributed by atoms with E-state index < -0.39 is 29.4 Å². The van der Waals surface area contributed by atoms with Gasteiger partial charge < -0.3 is 10.6 Å². The predicted molar refractivity (Wildman–Crippen MR) is 128 cm³/mol. The standard InChI is InChI=1S/C24H20ClF3N6O2/c1-12(2)30-22(35)15-8-9-17-14(7-6-13(3)31-17)20(15)32-23(36)18-11-19(24(26,27)28)33-34(18)21-16(25)5-4-10-29-21/h4-12H,1-3H3,(H,30,35)(H,32,36).